The average molecular weight is 278 g/mol. The number of anilines is 1. The molecule has 0 spiro atoms. The van der Waals surface area contributed by atoms with E-state index in [-0.39, 0.29) is 0 Å². The Kier molecular flexibility index (Phi) is 7.52. The van der Waals surface area contributed by atoms with Gasteiger partial charge in [-0.05, 0) is 52.7 Å². The first-order valence-electron chi connectivity index (χ1n) is 7.92. The van der Waals surface area contributed by atoms with E-state index < -0.39 is 0 Å². The van der Waals surface area contributed by atoms with Crippen LogP contribution in [0, 0.1) is 6.92 Å². The van der Waals surface area contributed by atoms with E-state index in [1.165, 1.54) is 19.4 Å². The summed E-state index contributed by atoms with van der Waals surface area (Å²) in [7, 11) is 0. The second-order valence-corrected chi connectivity index (χ2v) is 5.36. The van der Waals surface area contributed by atoms with Crippen molar-refractivity contribution < 1.29 is 0 Å². The van der Waals surface area contributed by atoms with E-state index in [0.717, 1.165) is 36.8 Å². The van der Waals surface area contributed by atoms with E-state index >= 15 is 0 Å². The number of hydrogen-bond donors (Lipinski definition) is 1. The zero-order valence-electron chi connectivity index (χ0n) is 13.7. The third-order valence-corrected chi connectivity index (χ3v) is 3.65. The van der Waals surface area contributed by atoms with Gasteiger partial charge in [0.2, 0.25) is 0 Å². The predicted molar refractivity (Wildman–Crippen MR) is 86.3 cm³/mol. The zero-order chi connectivity index (χ0) is 15.0. The molecule has 1 aromatic heterocycles. The van der Waals surface area contributed by atoms with Gasteiger partial charge in [-0.2, -0.15) is 0 Å². The molecule has 1 unspecified atom stereocenters. The van der Waals surface area contributed by atoms with E-state index in [1.54, 1.807) is 0 Å². The lowest BCUT2D eigenvalue weighted by atomic mass is 10.1. The van der Waals surface area contributed by atoms with Crippen LogP contribution in [0.2, 0.25) is 0 Å². The van der Waals surface area contributed by atoms with Gasteiger partial charge in [-0.15, -0.1) is 0 Å². The molecule has 1 rings (SSSR count). The number of aromatic nitrogens is 2. The molecule has 1 atom stereocenters. The summed E-state index contributed by atoms with van der Waals surface area (Å²) in [5.74, 6) is 1.81. The van der Waals surface area contributed by atoms with Crippen LogP contribution in [-0.4, -0.2) is 40.5 Å². The van der Waals surface area contributed by atoms with Crippen molar-refractivity contribution in [3.05, 3.63) is 17.6 Å². The van der Waals surface area contributed by atoms with Crippen molar-refractivity contribution in [2.75, 3.05) is 25.0 Å². The molecule has 0 radical (unpaired) electrons. The van der Waals surface area contributed by atoms with Gasteiger partial charge in [0.05, 0.1) is 0 Å². The maximum atomic E-state index is 4.46. The first-order chi connectivity index (χ1) is 9.58. The molecular weight excluding hydrogens is 248 g/mol. The number of rotatable bonds is 9. The molecule has 4 nitrogen and oxygen atoms in total. The first-order valence-corrected chi connectivity index (χ1v) is 7.92. The Morgan fingerprint density at radius 2 is 1.90 bits per heavy atom. The van der Waals surface area contributed by atoms with Crippen LogP contribution in [0.15, 0.2) is 6.07 Å². The van der Waals surface area contributed by atoms with Gasteiger partial charge in [-0.1, -0.05) is 20.8 Å². The SMILES string of the molecule is CCc1cc(NC(C)CCCN(CC)CC)nc(C)n1. The minimum absolute atomic E-state index is 0.449. The van der Waals surface area contributed by atoms with E-state index in [1.807, 2.05) is 6.92 Å². The third kappa shape index (κ3) is 5.87. The fraction of sp³-hybridized carbons (Fsp3) is 0.750. The lowest BCUT2D eigenvalue weighted by molar-refractivity contribution is 0.295. The van der Waals surface area contributed by atoms with Gasteiger partial charge in [0.25, 0.3) is 0 Å². The molecule has 114 valence electrons. The molecule has 0 amide bonds. The van der Waals surface area contributed by atoms with Gasteiger partial charge in [0.15, 0.2) is 0 Å². The molecule has 0 aliphatic carbocycles. The maximum Gasteiger partial charge on any atom is 0.130 e. The van der Waals surface area contributed by atoms with E-state index in [0.29, 0.717) is 6.04 Å². The standard InChI is InChI=1S/C16H30N4/c1-6-15-12-16(19-14(5)18-15)17-13(4)10-9-11-20(7-2)8-3/h12-13H,6-11H2,1-5H3,(H,17,18,19). The van der Waals surface area contributed by atoms with Crippen molar-refractivity contribution in [3.63, 3.8) is 0 Å². The molecule has 1 heterocycles. The topological polar surface area (TPSA) is 41.0 Å². The third-order valence-electron chi connectivity index (χ3n) is 3.65. The normalized spacial score (nSPS) is 12.7. The predicted octanol–water partition coefficient (Wildman–Crippen LogP) is 3.27. The molecule has 0 saturated carbocycles. The summed E-state index contributed by atoms with van der Waals surface area (Å²) in [6.07, 6.45) is 3.34. The van der Waals surface area contributed by atoms with E-state index in [4.69, 9.17) is 0 Å². The molecular formula is C16H30N4. The van der Waals surface area contributed by atoms with Crippen molar-refractivity contribution in [2.24, 2.45) is 0 Å². The molecule has 0 aromatic carbocycles. The summed E-state index contributed by atoms with van der Waals surface area (Å²) in [6, 6.07) is 2.51. The minimum atomic E-state index is 0.449. The summed E-state index contributed by atoms with van der Waals surface area (Å²) in [6.45, 7) is 14.2. The molecule has 0 bridgehead atoms. The monoisotopic (exact) mass is 278 g/mol. The lowest BCUT2D eigenvalue weighted by Crippen LogP contribution is -2.25. The number of nitrogens with zero attached hydrogens (tertiary/aromatic N) is 3. The summed E-state index contributed by atoms with van der Waals surface area (Å²) in [4.78, 5) is 11.3. The Labute approximate surface area is 124 Å². The van der Waals surface area contributed by atoms with Gasteiger partial charge >= 0.3 is 0 Å². The quantitative estimate of drug-likeness (QED) is 0.752. The number of aryl methyl sites for hydroxylation is 2. The molecule has 1 N–H and O–H groups in total. The molecule has 0 aliphatic rings. The van der Waals surface area contributed by atoms with Crippen LogP contribution in [0.25, 0.3) is 0 Å². The molecule has 20 heavy (non-hydrogen) atoms. The highest BCUT2D eigenvalue weighted by Crippen LogP contribution is 2.11. The van der Waals surface area contributed by atoms with Gasteiger partial charge in [-0.25, -0.2) is 9.97 Å². The van der Waals surface area contributed by atoms with Crippen LogP contribution >= 0.6 is 0 Å². The summed E-state index contributed by atoms with van der Waals surface area (Å²) in [5, 5.41) is 3.50. The number of hydrogen-bond acceptors (Lipinski definition) is 4. The van der Waals surface area contributed by atoms with Crippen molar-refractivity contribution >= 4 is 5.82 Å². The Hall–Kier alpha value is -1.16. The van der Waals surface area contributed by atoms with Crippen molar-refractivity contribution in [1.82, 2.24) is 14.9 Å². The smallest absolute Gasteiger partial charge is 0.130 e. The Morgan fingerprint density at radius 1 is 1.20 bits per heavy atom. The second-order valence-electron chi connectivity index (χ2n) is 5.36. The zero-order valence-corrected chi connectivity index (χ0v) is 13.7. The highest BCUT2D eigenvalue weighted by Gasteiger charge is 2.06. The molecule has 4 heteroatoms. The van der Waals surface area contributed by atoms with Gasteiger partial charge in [0.1, 0.15) is 11.6 Å². The summed E-state index contributed by atoms with van der Waals surface area (Å²) in [5.41, 5.74) is 1.11. The molecule has 1 aromatic rings. The second kappa shape index (κ2) is 8.90. The molecule has 0 saturated heterocycles. The summed E-state index contributed by atoms with van der Waals surface area (Å²) >= 11 is 0. The Bertz CT molecular complexity index is 388. The van der Waals surface area contributed by atoms with Crippen LogP contribution in [-0.2, 0) is 6.42 Å². The Morgan fingerprint density at radius 3 is 2.50 bits per heavy atom. The van der Waals surface area contributed by atoms with Gasteiger partial charge in [-0.3, -0.25) is 0 Å². The average Bonchev–Trinajstić information content (AvgIpc) is 2.42. The molecule has 0 aliphatic heterocycles. The van der Waals surface area contributed by atoms with Crippen molar-refractivity contribution in [1.29, 1.82) is 0 Å². The fourth-order valence-electron chi connectivity index (χ4n) is 2.37. The first kappa shape index (κ1) is 16.9. The van der Waals surface area contributed by atoms with E-state index in [2.05, 4.69) is 53.9 Å². The van der Waals surface area contributed by atoms with Crippen LogP contribution < -0.4 is 5.32 Å². The van der Waals surface area contributed by atoms with Gasteiger partial charge in [0, 0.05) is 17.8 Å². The fourth-order valence-corrected chi connectivity index (χ4v) is 2.37. The maximum absolute atomic E-state index is 4.46. The Balaban J connectivity index is 2.42. The number of nitrogens with one attached hydrogen (secondary N) is 1. The van der Waals surface area contributed by atoms with Crippen LogP contribution in [0.5, 0.6) is 0 Å². The van der Waals surface area contributed by atoms with Gasteiger partial charge < -0.3 is 10.2 Å². The highest BCUT2D eigenvalue weighted by atomic mass is 15.1. The van der Waals surface area contributed by atoms with Crippen LogP contribution in [0.4, 0.5) is 5.82 Å². The van der Waals surface area contributed by atoms with Crippen molar-refractivity contribution in [2.45, 2.75) is 59.9 Å². The lowest BCUT2D eigenvalue weighted by Gasteiger charge is -2.20. The van der Waals surface area contributed by atoms with Crippen LogP contribution in [0.1, 0.15) is 52.1 Å². The highest BCUT2D eigenvalue weighted by molar-refractivity contribution is 5.36. The molecule has 0 fully saturated rings. The van der Waals surface area contributed by atoms with Crippen molar-refractivity contribution in [3.8, 4) is 0 Å². The van der Waals surface area contributed by atoms with E-state index in [9.17, 15) is 0 Å². The van der Waals surface area contributed by atoms with Crippen LogP contribution in [0.3, 0.4) is 0 Å². The minimum Gasteiger partial charge on any atom is -0.368 e. The largest absolute Gasteiger partial charge is 0.368 e. The summed E-state index contributed by atoms with van der Waals surface area (Å²) < 4.78 is 0.